The van der Waals surface area contributed by atoms with Crippen LogP contribution in [0.1, 0.15) is 45.8 Å². The lowest BCUT2D eigenvalue weighted by Crippen LogP contribution is -2.30. The van der Waals surface area contributed by atoms with Crippen LogP contribution >= 0.6 is 11.8 Å². The third-order valence-corrected chi connectivity index (χ3v) is 7.85. The minimum Gasteiger partial charge on any atom is -0.338 e. The van der Waals surface area contributed by atoms with Crippen molar-refractivity contribution in [1.82, 2.24) is 29.3 Å². The molecule has 2 aromatic heterocycles. The Morgan fingerprint density at radius 3 is 2.66 bits per heavy atom. The summed E-state index contributed by atoms with van der Waals surface area (Å²) in [5.74, 6) is 8.72. The molecule has 0 spiro atoms. The van der Waals surface area contributed by atoms with Gasteiger partial charge in [0.25, 0.3) is 0 Å². The fourth-order valence-corrected chi connectivity index (χ4v) is 5.27. The molecule has 0 aliphatic heterocycles. The standard InChI is InChI=1S/C20H29N7O3S2/c1-5-26(6-2)32(28,29)16-9-7-8-15(12-16)19-23-24-20(27(19)21)31-13-18-22-17(25-30-18)11-10-14(3)4/h7-9,12,14H,5-6,10-11,13,21H2,1-4H3. The first-order chi connectivity index (χ1) is 15.3. The number of sulfonamides is 1. The molecule has 2 heterocycles. The number of nitrogens with zero attached hydrogens (tertiary/aromatic N) is 6. The molecule has 0 aliphatic carbocycles. The first-order valence-electron chi connectivity index (χ1n) is 10.5. The predicted octanol–water partition coefficient (Wildman–Crippen LogP) is 2.95. The molecule has 3 rings (SSSR count). The number of hydrogen-bond acceptors (Lipinski definition) is 9. The quantitative estimate of drug-likeness (QED) is 0.325. The second-order valence-electron chi connectivity index (χ2n) is 7.62. The molecule has 0 aliphatic rings. The van der Waals surface area contributed by atoms with Crippen molar-refractivity contribution in [2.75, 3.05) is 18.9 Å². The van der Waals surface area contributed by atoms with Gasteiger partial charge >= 0.3 is 0 Å². The molecule has 0 bridgehead atoms. The van der Waals surface area contributed by atoms with E-state index in [1.54, 1.807) is 24.3 Å². The minimum absolute atomic E-state index is 0.190. The Morgan fingerprint density at radius 1 is 1.22 bits per heavy atom. The summed E-state index contributed by atoms with van der Waals surface area (Å²) in [6, 6.07) is 6.55. The van der Waals surface area contributed by atoms with Crippen LogP contribution in [0.3, 0.4) is 0 Å². The maximum Gasteiger partial charge on any atom is 0.243 e. The van der Waals surface area contributed by atoms with Gasteiger partial charge in [-0.2, -0.15) is 9.29 Å². The molecule has 0 radical (unpaired) electrons. The van der Waals surface area contributed by atoms with E-state index in [-0.39, 0.29) is 4.90 Å². The van der Waals surface area contributed by atoms with E-state index in [0.29, 0.717) is 53.0 Å². The lowest BCUT2D eigenvalue weighted by atomic mass is 10.1. The van der Waals surface area contributed by atoms with E-state index in [1.165, 1.54) is 20.7 Å². The number of thioether (sulfide) groups is 1. The van der Waals surface area contributed by atoms with Gasteiger partial charge in [0, 0.05) is 25.1 Å². The summed E-state index contributed by atoms with van der Waals surface area (Å²) in [4.78, 5) is 4.59. The van der Waals surface area contributed by atoms with Crippen molar-refractivity contribution in [3.63, 3.8) is 0 Å². The van der Waals surface area contributed by atoms with Crippen molar-refractivity contribution in [3.05, 3.63) is 36.0 Å². The van der Waals surface area contributed by atoms with Gasteiger partial charge in [-0.3, -0.25) is 0 Å². The average Bonchev–Trinajstić information content (AvgIpc) is 3.37. The predicted molar refractivity (Wildman–Crippen MR) is 123 cm³/mol. The minimum atomic E-state index is -3.59. The lowest BCUT2D eigenvalue weighted by Gasteiger charge is -2.18. The van der Waals surface area contributed by atoms with Crippen LogP contribution < -0.4 is 5.84 Å². The first-order valence-corrected chi connectivity index (χ1v) is 12.9. The van der Waals surface area contributed by atoms with Gasteiger partial charge in [0.2, 0.25) is 21.1 Å². The van der Waals surface area contributed by atoms with Gasteiger partial charge in [-0.15, -0.1) is 10.2 Å². The molecular weight excluding hydrogens is 450 g/mol. The van der Waals surface area contributed by atoms with Crippen LogP contribution in [0.4, 0.5) is 0 Å². The topological polar surface area (TPSA) is 133 Å². The molecule has 0 atom stereocenters. The van der Waals surface area contributed by atoms with Crippen molar-refractivity contribution in [3.8, 4) is 11.4 Å². The Balaban J connectivity index is 1.74. The SMILES string of the molecule is CCN(CC)S(=O)(=O)c1cccc(-c2nnc(SCc3nc(CCC(C)C)no3)n2N)c1. The van der Waals surface area contributed by atoms with Crippen LogP contribution in [0.5, 0.6) is 0 Å². The third-order valence-electron chi connectivity index (χ3n) is 4.88. The number of nitrogens with two attached hydrogens (primary N) is 1. The van der Waals surface area contributed by atoms with Gasteiger partial charge < -0.3 is 10.4 Å². The maximum atomic E-state index is 12.8. The number of aryl methyl sites for hydroxylation is 1. The second kappa shape index (κ2) is 10.5. The van der Waals surface area contributed by atoms with E-state index in [1.807, 2.05) is 13.8 Å². The maximum absolute atomic E-state index is 12.8. The van der Waals surface area contributed by atoms with Gasteiger partial charge in [-0.25, -0.2) is 13.1 Å². The second-order valence-corrected chi connectivity index (χ2v) is 10.5. The molecule has 174 valence electrons. The van der Waals surface area contributed by atoms with Crippen molar-refractivity contribution in [2.45, 2.75) is 56.3 Å². The van der Waals surface area contributed by atoms with Gasteiger partial charge in [0.15, 0.2) is 11.6 Å². The van der Waals surface area contributed by atoms with Crippen molar-refractivity contribution in [1.29, 1.82) is 0 Å². The van der Waals surface area contributed by atoms with E-state index in [2.05, 4.69) is 34.2 Å². The van der Waals surface area contributed by atoms with Gasteiger partial charge in [-0.1, -0.05) is 56.7 Å². The highest BCUT2D eigenvalue weighted by atomic mass is 32.2. The molecule has 1 aromatic carbocycles. The molecule has 0 saturated carbocycles. The highest BCUT2D eigenvalue weighted by Gasteiger charge is 2.23. The summed E-state index contributed by atoms with van der Waals surface area (Å²) in [7, 11) is -3.59. The number of hydrogen-bond donors (Lipinski definition) is 1. The molecule has 32 heavy (non-hydrogen) atoms. The highest BCUT2D eigenvalue weighted by Crippen LogP contribution is 2.26. The van der Waals surface area contributed by atoms with Crippen LogP contribution in [0.25, 0.3) is 11.4 Å². The smallest absolute Gasteiger partial charge is 0.243 e. The van der Waals surface area contributed by atoms with Crippen LogP contribution in [-0.4, -0.2) is 50.8 Å². The van der Waals surface area contributed by atoms with Crippen LogP contribution in [0.15, 0.2) is 38.8 Å². The fraction of sp³-hybridized carbons (Fsp3) is 0.500. The van der Waals surface area contributed by atoms with Gasteiger partial charge in [0.1, 0.15) is 0 Å². The summed E-state index contributed by atoms with van der Waals surface area (Å²) in [6.45, 7) is 8.70. The molecule has 0 fully saturated rings. The lowest BCUT2D eigenvalue weighted by molar-refractivity contribution is 0.383. The molecule has 10 nitrogen and oxygen atoms in total. The monoisotopic (exact) mass is 479 g/mol. The van der Waals surface area contributed by atoms with Gasteiger partial charge in [0.05, 0.1) is 10.6 Å². The summed E-state index contributed by atoms with van der Waals surface area (Å²) < 4.78 is 33.7. The summed E-state index contributed by atoms with van der Waals surface area (Å²) in [5.41, 5.74) is 0.564. The largest absolute Gasteiger partial charge is 0.338 e. The van der Waals surface area contributed by atoms with Crippen LogP contribution in [0, 0.1) is 5.92 Å². The summed E-state index contributed by atoms with van der Waals surface area (Å²) in [5, 5.41) is 12.7. The zero-order valence-corrected chi connectivity index (χ0v) is 20.4. The van der Waals surface area contributed by atoms with Crippen molar-refractivity contribution < 1.29 is 12.9 Å². The molecule has 12 heteroatoms. The average molecular weight is 480 g/mol. The van der Waals surface area contributed by atoms with E-state index in [9.17, 15) is 8.42 Å². The summed E-state index contributed by atoms with van der Waals surface area (Å²) in [6.07, 6.45) is 1.77. The summed E-state index contributed by atoms with van der Waals surface area (Å²) >= 11 is 1.32. The Bertz CT molecular complexity index is 1140. The van der Waals surface area contributed by atoms with Crippen LogP contribution in [-0.2, 0) is 22.2 Å². The Labute approximate surface area is 192 Å². The van der Waals surface area contributed by atoms with Crippen molar-refractivity contribution in [2.24, 2.45) is 5.92 Å². The Morgan fingerprint density at radius 2 is 1.97 bits per heavy atom. The molecule has 3 aromatic rings. The Hall–Kier alpha value is -2.44. The number of nitrogen functional groups attached to an aromatic ring is 1. The number of benzene rings is 1. The van der Waals surface area contributed by atoms with E-state index in [0.717, 1.165) is 12.8 Å². The highest BCUT2D eigenvalue weighted by molar-refractivity contribution is 7.98. The van der Waals surface area contributed by atoms with E-state index < -0.39 is 10.0 Å². The first kappa shape index (κ1) is 24.2. The Kier molecular flexibility index (Phi) is 7.91. The van der Waals surface area contributed by atoms with E-state index in [4.69, 9.17) is 10.4 Å². The normalized spacial score (nSPS) is 12.2. The van der Waals surface area contributed by atoms with Crippen molar-refractivity contribution >= 4 is 21.8 Å². The van der Waals surface area contributed by atoms with Gasteiger partial charge in [-0.05, 0) is 24.5 Å². The fourth-order valence-electron chi connectivity index (χ4n) is 3.07. The van der Waals surface area contributed by atoms with Crippen LogP contribution in [0.2, 0.25) is 0 Å². The molecule has 0 amide bonds. The zero-order chi connectivity index (χ0) is 23.3. The van der Waals surface area contributed by atoms with E-state index >= 15 is 0 Å². The molecule has 0 unspecified atom stereocenters. The third kappa shape index (κ3) is 5.48. The number of aromatic nitrogens is 5. The molecule has 2 N–H and O–H groups in total. The molecule has 0 saturated heterocycles. The zero-order valence-electron chi connectivity index (χ0n) is 18.7. The number of rotatable bonds is 11. The molecular formula is C20H29N7O3S2.